The van der Waals surface area contributed by atoms with Gasteiger partial charge in [0.15, 0.2) is 6.29 Å². The van der Waals surface area contributed by atoms with Gasteiger partial charge in [-0.25, -0.2) is 4.98 Å². The van der Waals surface area contributed by atoms with Gasteiger partial charge < -0.3 is 9.67 Å². The molecule has 3 aromatic rings. The number of aliphatic hydroxyl groups is 1. The second-order valence-electron chi connectivity index (χ2n) is 6.18. The summed E-state index contributed by atoms with van der Waals surface area (Å²) >= 11 is 5.95. The van der Waals surface area contributed by atoms with Crippen molar-refractivity contribution in [2.24, 2.45) is 0 Å². The van der Waals surface area contributed by atoms with Crippen molar-refractivity contribution in [3.8, 4) is 23.3 Å². The van der Waals surface area contributed by atoms with Crippen molar-refractivity contribution in [3.63, 3.8) is 0 Å². The van der Waals surface area contributed by atoms with Crippen LogP contribution in [0.2, 0.25) is 5.15 Å². The van der Waals surface area contributed by atoms with Gasteiger partial charge in [-0.05, 0) is 36.2 Å². The predicted molar refractivity (Wildman–Crippen MR) is 104 cm³/mol. The summed E-state index contributed by atoms with van der Waals surface area (Å²) in [5.41, 5.74) is 4.43. The van der Waals surface area contributed by atoms with Crippen molar-refractivity contribution < 1.29 is 9.90 Å². The van der Waals surface area contributed by atoms with Crippen LogP contribution in [0, 0.1) is 29.6 Å². The molecule has 0 unspecified atom stereocenters. The first-order chi connectivity index (χ1) is 13.5. The minimum absolute atomic E-state index is 0.224. The van der Waals surface area contributed by atoms with Crippen molar-refractivity contribution in [2.45, 2.75) is 20.1 Å². The van der Waals surface area contributed by atoms with Crippen molar-refractivity contribution in [2.75, 3.05) is 0 Å². The maximum Gasteiger partial charge on any atom is 0.167 e. The largest absolute Gasteiger partial charge is 0.392 e. The number of nitriles is 2. The first-order valence-corrected chi connectivity index (χ1v) is 8.74. The van der Waals surface area contributed by atoms with Crippen LogP contribution in [0.1, 0.15) is 38.4 Å². The standard InChI is InChI=1S/C21H15ClN4O2/c1-13-20(16-4-2-14(7-23)3-5-16)18(8-24)19(12-28)26(13)10-15-6-17(11-27)21(22)25-9-15/h2-6,9,12,27H,10-11H2,1H3. The van der Waals surface area contributed by atoms with Crippen LogP contribution in [0.5, 0.6) is 0 Å². The van der Waals surface area contributed by atoms with Gasteiger partial charge in [0.05, 0.1) is 23.8 Å². The second kappa shape index (κ2) is 8.06. The molecule has 0 aliphatic rings. The topological polar surface area (TPSA) is 103 Å². The van der Waals surface area contributed by atoms with E-state index in [1.165, 1.54) is 0 Å². The molecule has 0 fully saturated rings. The number of hydrogen-bond acceptors (Lipinski definition) is 5. The van der Waals surface area contributed by atoms with Crippen molar-refractivity contribution in [1.82, 2.24) is 9.55 Å². The van der Waals surface area contributed by atoms with Crippen molar-refractivity contribution >= 4 is 17.9 Å². The Kier molecular flexibility index (Phi) is 5.56. The van der Waals surface area contributed by atoms with Crippen LogP contribution in [0.4, 0.5) is 0 Å². The van der Waals surface area contributed by atoms with E-state index in [0.717, 1.165) is 16.8 Å². The molecular formula is C21H15ClN4O2. The first-order valence-electron chi connectivity index (χ1n) is 8.37. The maximum atomic E-state index is 11.8. The van der Waals surface area contributed by atoms with Crippen LogP contribution in [0.25, 0.3) is 11.1 Å². The summed E-state index contributed by atoms with van der Waals surface area (Å²) in [6.45, 7) is 1.88. The lowest BCUT2D eigenvalue weighted by molar-refractivity contribution is 0.111. The molecule has 28 heavy (non-hydrogen) atoms. The minimum atomic E-state index is -0.245. The second-order valence-corrected chi connectivity index (χ2v) is 6.54. The van der Waals surface area contributed by atoms with Crippen molar-refractivity contribution in [1.29, 1.82) is 10.5 Å². The molecule has 0 radical (unpaired) electrons. The highest BCUT2D eigenvalue weighted by molar-refractivity contribution is 6.30. The lowest BCUT2D eigenvalue weighted by atomic mass is 10.00. The molecule has 0 bridgehead atoms. The Hall–Kier alpha value is -3.45. The van der Waals surface area contributed by atoms with Gasteiger partial charge in [0, 0.05) is 29.6 Å². The van der Waals surface area contributed by atoms with Gasteiger partial charge in [0.1, 0.15) is 16.9 Å². The summed E-state index contributed by atoms with van der Waals surface area (Å²) < 4.78 is 1.74. The van der Waals surface area contributed by atoms with E-state index in [2.05, 4.69) is 17.1 Å². The summed E-state index contributed by atoms with van der Waals surface area (Å²) in [5, 5.41) is 28.3. The summed E-state index contributed by atoms with van der Waals surface area (Å²) in [4.78, 5) is 15.8. The normalized spacial score (nSPS) is 10.3. The monoisotopic (exact) mass is 390 g/mol. The molecular weight excluding hydrogens is 376 g/mol. The summed E-state index contributed by atoms with van der Waals surface area (Å²) in [7, 11) is 0. The molecule has 0 atom stereocenters. The highest BCUT2D eigenvalue weighted by atomic mass is 35.5. The van der Waals surface area contributed by atoms with E-state index in [1.807, 2.05) is 6.92 Å². The zero-order valence-corrected chi connectivity index (χ0v) is 15.7. The highest BCUT2D eigenvalue weighted by Crippen LogP contribution is 2.32. The van der Waals surface area contributed by atoms with E-state index < -0.39 is 0 Å². The Morgan fingerprint density at radius 2 is 1.96 bits per heavy atom. The Morgan fingerprint density at radius 1 is 1.25 bits per heavy atom. The van der Waals surface area contributed by atoms with Crippen LogP contribution in [-0.4, -0.2) is 20.9 Å². The molecule has 3 rings (SSSR count). The Morgan fingerprint density at radius 3 is 2.54 bits per heavy atom. The average molecular weight is 391 g/mol. The van der Waals surface area contributed by atoms with Gasteiger partial charge in [0.25, 0.3) is 0 Å². The van der Waals surface area contributed by atoms with Gasteiger partial charge in [-0.3, -0.25) is 4.79 Å². The fourth-order valence-corrected chi connectivity index (χ4v) is 3.35. The van der Waals surface area contributed by atoms with E-state index >= 15 is 0 Å². The number of carbonyl (C=O) groups excluding carboxylic acids is 1. The van der Waals surface area contributed by atoms with Gasteiger partial charge in [0.2, 0.25) is 0 Å². The molecule has 138 valence electrons. The smallest absolute Gasteiger partial charge is 0.167 e. The lowest BCUT2D eigenvalue weighted by Crippen LogP contribution is -2.07. The first kappa shape index (κ1) is 19.3. The molecule has 1 N–H and O–H groups in total. The van der Waals surface area contributed by atoms with Crippen LogP contribution in [-0.2, 0) is 13.2 Å². The number of carbonyl (C=O) groups is 1. The fourth-order valence-electron chi connectivity index (χ4n) is 3.19. The van der Waals surface area contributed by atoms with E-state index in [4.69, 9.17) is 16.9 Å². The van der Waals surface area contributed by atoms with Crippen LogP contribution in [0.3, 0.4) is 0 Å². The third kappa shape index (κ3) is 3.39. The molecule has 0 spiro atoms. The maximum absolute atomic E-state index is 11.8. The molecule has 7 heteroatoms. The lowest BCUT2D eigenvalue weighted by Gasteiger charge is -2.11. The SMILES string of the molecule is Cc1c(-c2ccc(C#N)cc2)c(C#N)c(C=O)n1Cc1cnc(Cl)c(CO)c1. The Bertz CT molecular complexity index is 1140. The highest BCUT2D eigenvalue weighted by Gasteiger charge is 2.21. The van der Waals surface area contributed by atoms with E-state index in [9.17, 15) is 15.2 Å². The van der Waals surface area contributed by atoms with E-state index in [1.54, 1.807) is 41.1 Å². The van der Waals surface area contributed by atoms with Crippen molar-refractivity contribution in [3.05, 3.63) is 75.3 Å². The van der Waals surface area contributed by atoms with Gasteiger partial charge >= 0.3 is 0 Å². The predicted octanol–water partition coefficient (Wildman–Crippen LogP) is 3.61. The number of hydrogen-bond donors (Lipinski definition) is 1. The molecule has 0 amide bonds. The number of benzene rings is 1. The van der Waals surface area contributed by atoms with Gasteiger partial charge in [-0.1, -0.05) is 23.7 Å². The molecule has 0 aliphatic carbocycles. The van der Waals surface area contributed by atoms with Crippen LogP contribution in [0.15, 0.2) is 36.5 Å². The third-order valence-electron chi connectivity index (χ3n) is 4.57. The number of aldehydes is 1. The minimum Gasteiger partial charge on any atom is -0.392 e. The third-order valence-corrected chi connectivity index (χ3v) is 4.91. The van der Waals surface area contributed by atoms with Crippen LogP contribution >= 0.6 is 11.6 Å². The molecule has 2 heterocycles. The number of halogens is 1. The quantitative estimate of drug-likeness (QED) is 0.529. The average Bonchev–Trinajstić information content (AvgIpc) is 3.00. The number of nitrogens with zero attached hydrogens (tertiary/aromatic N) is 4. The summed E-state index contributed by atoms with van der Waals surface area (Å²) in [5.74, 6) is 0. The summed E-state index contributed by atoms with van der Waals surface area (Å²) in [6.07, 6.45) is 2.23. The summed E-state index contributed by atoms with van der Waals surface area (Å²) in [6, 6.07) is 12.8. The fraction of sp³-hybridized carbons (Fsp3) is 0.143. The Balaban J connectivity index is 2.14. The molecule has 0 saturated carbocycles. The molecule has 0 saturated heterocycles. The molecule has 6 nitrogen and oxygen atoms in total. The number of aliphatic hydroxyl groups excluding tert-OH is 1. The van der Waals surface area contributed by atoms with E-state index in [0.29, 0.717) is 29.5 Å². The van der Waals surface area contributed by atoms with Crippen LogP contribution < -0.4 is 0 Å². The molecule has 1 aromatic carbocycles. The molecule has 0 aliphatic heterocycles. The number of pyridine rings is 1. The Labute approximate surface area is 166 Å². The van der Waals surface area contributed by atoms with E-state index in [-0.39, 0.29) is 23.0 Å². The zero-order valence-electron chi connectivity index (χ0n) is 15.0. The number of aromatic nitrogens is 2. The zero-order chi connectivity index (χ0) is 20.3. The molecule has 2 aromatic heterocycles. The van der Waals surface area contributed by atoms with Gasteiger partial charge in [-0.15, -0.1) is 0 Å². The number of rotatable bonds is 5. The van der Waals surface area contributed by atoms with Gasteiger partial charge in [-0.2, -0.15) is 10.5 Å².